The van der Waals surface area contributed by atoms with Gasteiger partial charge in [0.1, 0.15) is 0 Å². The zero-order valence-electron chi connectivity index (χ0n) is 16.9. The lowest BCUT2D eigenvalue weighted by Crippen LogP contribution is -2.62. The molecule has 4 aliphatic carbocycles. The lowest BCUT2D eigenvalue weighted by molar-refractivity contribution is -0.163. The van der Waals surface area contributed by atoms with Gasteiger partial charge in [-0.25, -0.2) is 0 Å². The van der Waals surface area contributed by atoms with Crippen molar-refractivity contribution in [3.05, 3.63) is 35.9 Å². The fourth-order valence-electron chi connectivity index (χ4n) is 7.52. The number of nitrogens with two attached hydrogens (primary N) is 1. The molecule has 4 saturated carbocycles. The van der Waals surface area contributed by atoms with Crippen LogP contribution in [0.4, 0.5) is 0 Å². The first-order chi connectivity index (χ1) is 12.8. The second-order valence-electron chi connectivity index (χ2n) is 11.0. The third-order valence-corrected chi connectivity index (χ3v) is 8.50. The average molecular weight is 367 g/mol. The average Bonchev–Trinajstić information content (AvgIpc) is 2.63. The van der Waals surface area contributed by atoms with Crippen LogP contribution in [-0.4, -0.2) is 29.9 Å². The summed E-state index contributed by atoms with van der Waals surface area (Å²) in [6, 6.07) is 11.3. The summed E-state index contributed by atoms with van der Waals surface area (Å²) in [4.78, 5) is 16.1. The van der Waals surface area contributed by atoms with Crippen LogP contribution in [0.15, 0.2) is 30.3 Å². The van der Waals surface area contributed by atoms with E-state index in [1.165, 1.54) is 24.8 Å². The molecule has 27 heavy (non-hydrogen) atoms. The number of piperidine rings is 1. The second-order valence-corrected chi connectivity index (χ2v) is 11.0. The van der Waals surface area contributed by atoms with Gasteiger partial charge >= 0.3 is 0 Å². The first-order valence-corrected chi connectivity index (χ1v) is 10.9. The van der Waals surface area contributed by atoms with Gasteiger partial charge in [0, 0.05) is 19.1 Å². The Kier molecular flexibility index (Phi) is 3.82. The molecule has 0 aromatic heterocycles. The molecule has 1 amide bonds. The molecule has 1 aliphatic heterocycles. The Balaban J connectivity index is 1.47. The highest BCUT2D eigenvalue weighted by Crippen LogP contribution is 2.66. The van der Waals surface area contributed by atoms with E-state index in [4.69, 9.17) is 5.73 Å². The van der Waals surface area contributed by atoms with Gasteiger partial charge < -0.3 is 10.6 Å². The normalized spacial score (nSPS) is 42.3. The van der Waals surface area contributed by atoms with Gasteiger partial charge in [0.2, 0.25) is 5.91 Å². The van der Waals surface area contributed by atoms with Crippen molar-refractivity contribution in [3.8, 4) is 0 Å². The van der Waals surface area contributed by atoms with Crippen molar-refractivity contribution < 1.29 is 4.79 Å². The van der Waals surface area contributed by atoms with E-state index in [-0.39, 0.29) is 22.3 Å². The Labute approximate surface area is 163 Å². The van der Waals surface area contributed by atoms with E-state index < -0.39 is 0 Å². The first-order valence-electron chi connectivity index (χ1n) is 10.9. The van der Waals surface area contributed by atoms with Crippen LogP contribution in [-0.2, 0) is 10.2 Å². The number of hydrogen-bond donors (Lipinski definition) is 1. The predicted molar refractivity (Wildman–Crippen MR) is 108 cm³/mol. The number of hydrogen-bond acceptors (Lipinski definition) is 2. The first kappa shape index (κ1) is 17.7. The molecule has 1 heterocycles. The molecule has 6 rings (SSSR count). The van der Waals surface area contributed by atoms with Crippen molar-refractivity contribution in [2.75, 3.05) is 13.1 Å². The number of rotatable bonds is 2. The standard InChI is InChI=1S/C24H34N2O/c1-22(2)16-26(9-8-20(22)25)21(27)24-13-17-10-18(14-24)12-23(11-17,15-24)19-6-4-3-5-7-19/h3-7,17-18,20H,8-16,25H2,1-2H3/t17?,18?,20-,23?,24?/m0/s1. The maximum absolute atomic E-state index is 13.9. The van der Waals surface area contributed by atoms with Crippen molar-refractivity contribution in [2.45, 2.75) is 70.3 Å². The lowest BCUT2D eigenvalue weighted by atomic mass is 9.42. The van der Waals surface area contributed by atoms with Crippen LogP contribution in [0.2, 0.25) is 0 Å². The maximum atomic E-state index is 13.9. The smallest absolute Gasteiger partial charge is 0.228 e. The van der Waals surface area contributed by atoms with Crippen molar-refractivity contribution in [2.24, 2.45) is 28.4 Å². The van der Waals surface area contributed by atoms with Crippen molar-refractivity contribution in [1.82, 2.24) is 4.90 Å². The summed E-state index contributed by atoms with van der Waals surface area (Å²) in [6.07, 6.45) is 8.18. The molecule has 1 aromatic carbocycles. The zero-order chi connectivity index (χ0) is 18.9. The van der Waals surface area contributed by atoms with Crippen LogP contribution in [0.3, 0.4) is 0 Å². The Bertz CT molecular complexity index is 726. The SMILES string of the molecule is CC1(C)CN(C(=O)C23CC4CC(C2)CC(c2ccccc2)(C4)C3)CC[C@@H]1N. The minimum absolute atomic E-state index is 0.0212. The fraction of sp³-hybridized carbons (Fsp3) is 0.708. The minimum Gasteiger partial charge on any atom is -0.342 e. The number of carbonyl (C=O) groups excluding carboxylic acids is 1. The summed E-state index contributed by atoms with van der Waals surface area (Å²) in [7, 11) is 0. The molecule has 5 fully saturated rings. The van der Waals surface area contributed by atoms with Crippen molar-refractivity contribution >= 4 is 5.91 Å². The van der Waals surface area contributed by atoms with Crippen molar-refractivity contribution in [3.63, 3.8) is 0 Å². The van der Waals surface area contributed by atoms with Crippen molar-refractivity contribution in [1.29, 1.82) is 0 Å². The van der Waals surface area contributed by atoms with E-state index in [0.29, 0.717) is 5.91 Å². The van der Waals surface area contributed by atoms with E-state index in [0.717, 1.165) is 50.6 Å². The second kappa shape index (κ2) is 5.83. The zero-order valence-corrected chi connectivity index (χ0v) is 16.9. The van der Waals surface area contributed by atoms with Crippen LogP contribution in [0.5, 0.6) is 0 Å². The number of amides is 1. The molecule has 3 nitrogen and oxygen atoms in total. The van der Waals surface area contributed by atoms with E-state index in [1.54, 1.807) is 0 Å². The summed E-state index contributed by atoms with van der Waals surface area (Å²) in [5.74, 6) is 1.92. The van der Waals surface area contributed by atoms with Crippen LogP contribution in [0, 0.1) is 22.7 Å². The van der Waals surface area contributed by atoms with Gasteiger partial charge in [-0.05, 0) is 73.2 Å². The molecule has 0 spiro atoms. The van der Waals surface area contributed by atoms with Crippen LogP contribution in [0.1, 0.15) is 64.4 Å². The number of nitrogens with zero attached hydrogens (tertiary/aromatic N) is 1. The summed E-state index contributed by atoms with van der Waals surface area (Å²) < 4.78 is 0. The highest BCUT2D eigenvalue weighted by Gasteiger charge is 2.61. The summed E-state index contributed by atoms with van der Waals surface area (Å²) >= 11 is 0. The van der Waals surface area contributed by atoms with E-state index in [9.17, 15) is 4.79 Å². The van der Waals surface area contributed by atoms with Gasteiger partial charge in [-0.1, -0.05) is 44.2 Å². The molecule has 3 atom stereocenters. The fourth-order valence-corrected chi connectivity index (χ4v) is 7.52. The largest absolute Gasteiger partial charge is 0.342 e. The van der Waals surface area contributed by atoms with Crippen LogP contribution in [0.25, 0.3) is 0 Å². The molecule has 1 saturated heterocycles. The van der Waals surface area contributed by atoms with Crippen LogP contribution >= 0.6 is 0 Å². The van der Waals surface area contributed by atoms with Gasteiger partial charge in [-0.15, -0.1) is 0 Å². The summed E-state index contributed by atoms with van der Waals surface area (Å²) in [6.45, 7) is 6.12. The Morgan fingerprint density at radius 2 is 1.74 bits per heavy atom. The van der Waals surface area contributed by atoms with Gasteiger partial charge in [0.25, 0.3) is 0 Å². The molecule has 4 bridgehead atoms. The van der Waals surface area contributed by atoms with Gasteiger partial charge in [0.15, 0.2) is 0 Å². The van der Waals surface area contributed by atoms with Gasteiger partial charge in [-0.3, -0.25) is 4.79 Å². The molecule has 2 N–H and O–H groups in total. The highest BCUT2D eigenvalue weighted by molar-refractivity contribution is 5.84. The highest BCUT2D eigenvalue weighted by atomic mass is 16.2. The molecule has 0 radical (unpaired) electrons. The molecule has 146 valence electrons. The lowest BCUT2D eigenvalue weighted by Gasteiger charge is -2.62. The summed E-state index contributed by atoms with van der Waals surface area (Å²) in [5, 5.41) is 0. The Morgan fingerprint density at radius 1 is 1.07 bits per heavy atom. The molecular weight excluding hydrogens is 332 g/mol. The molecule has 3 heteroatoms. The minimum atomic E-state index is -0.114. The number of likely N-dealkylation sites (tertiary alicyclic amines) is 1. The van der Waals surface area contributed by atoms with Gasteiger partial charge in [-0.2, -0.15) is 0 Å². The van der Waals surface area contributed by atoms with Gasteiger partial charge in [0.05, 0.1) is 5.41 Å². The topological polar surface area (TPSA) is 46.3 Å². The number of benzene rings is 1. The third-order valence-electron chi connectivity index (χ3n) is 8.50. The molecule has 2 unspecified atom stereocenters. The van der Waals surface area contributed by atoms with E-state index in [2.05, 4.69) is 49.1 Å². The van der Waals surface area contributed by atoms with E-state index in [1.807, 2.05) is 0 Å². The quantitative estimate of drug-likeness (QED) is 0.856. The number of carbonyl (C=O) groups is 1. The maximum Gasteiger partial charge on any atom is 0.228 e. The molecule has 1 aromatic rings. The third kappa shape index (κ3) is 2.68. The summed E-state index contributed by atoms with van der Waals surface area (Å²) in [5.41, 5.74) is 7.97. The molecular formula is C24H34N2O. The Morgan fingerprint density at radius 3 is 2.37 bits per heavy atom. The monoisotopic (exact) mass is 366 g/mol. The molecule has 5 aliphatic rings. The van der Waals surface area contributed by atoms with E-state index >= 15 is 0 Å². The Hall–Kier alpha value is -1.35. The van der Waals surface area contributed by atoms with Crippen LogP contribution < -0.4 is 5.73 Å². The predicted octanol–water partition coefficient (Wildman–Crippen LogP) is 4.11.